The second kappa shape index (κ2) is 5.45. The largest absolute Gasteiger partial charge is 0.268 e. The highest BCUT2D eigenvalue weighted by molar-refractivity contribution is 9.10. The van der Waals surface area contributed by atoms with Gasteiger partial charge in [-0.1, -0.05) is 24.4 Å². The van der Waals surface area contributed by atoms with Crippen LogP contribution >= 0.6 is 27.5 Å². The highest BCUT2D eigenvalue weighted by Crippen LogP contribution is 2.30. The molecule has 3 nitrogen and oxygen atoms in total. The maximum Gasteiger partial charge on any atom is 0.143 e. The monoisotopic (exact) mass is 303 g/mol. The molecule has 88 valence electrons. The van der Waals surface area contributed by atoms with Crippen LogP contribution in [-0.2, 0) is 0 Å². The number of hydrogen-bond donors (Lipinski definition) is 1. The lowest BCUT2D eigenvalue weighted by Crippen LogP contribution is -2.35. The summed E-state index contributed by atoms with van der Waals surface area (Å²) in [4.78, 5) is 4.16. The van der Waals surface area contributed by atoms with Crippen LogP contribution in [0.5, 0.6) is 0 Å². The molecule has 1 aliphatic heterocycles. The molecule has 0 radical (unpaired) electrons. The minimum absolute atomic E-state index is 0.267. The number of aromatic nitrogens is 1. The van der Waals surface area contributed by atoms with Crippen molar-refractivity contribution in [3.8, 4) is 0 Å². The maximum absolute atomic E-state index is 6.06. The molecule has 16 heavy (non-hydrogen) atoms. The summed E-state index contributed by atoms with van der Waals surface area (Å²) in [6.45, 7) is 0.949. The number of nitrogens with two attached hydrogens (primary N) is 1. The molecule has 2 heterocycles. The molecule has 1 fully saturated rings. The van der Waals surface area contributed by atoms with Gasteiger partial charge in [-0.2, -0.15) is 0 Å². The molecular weight excluding hydrogens is 289 g/mol. The Kier molecular flexibility index (Phi) is 4.19. The minimum Gasteiger partial charge on any atom is -0.268 e. The number of rotatable bonds is 1. The van der Waals surface area contributed by atoms with Crippen molar-refractivity contribution in [1.82, 2.24) is 9.99 Å². The van der Waals surface area contributed by atoms with Crippen molar-refractivity contribution in [1.29, 1.82) is 0 Å². The first-order valence-electron chi connectivity index (χ1n) is 5.51. The fraction of sp³-hybridized carbons (Fsp3) is 0.545. The summed E-state index contributed by atoms with van der Waals surface area (Å²) in [5.41, 5.74) is 1.14. The molecule has 1 aliphatic rings. The summed E-state index contributed by atoms with van der Waals surface area (Å²) < 4.78 is 0.837. The van der Waals surface area contributed by atoms with Gasteiger partial charge in [-0.25, -0.2) is 9.99 Å². The number of nitrogens with zero attached hydrogens (tertiary/aromatic N) is 2. The van der Waals surface area contributed by atoms with E-state index in [0.29, 0.717) is 5.15 Å². The van der Waals surface area contributed by atoms with Crippen molar-refractivity contribution >= 4 is 27.5 Å². The number of hydrazine groups is 1. The summed E-state index contributed by atoms with van der Waals surface area (Å²) >= 11 is 9.28. The van der Waals surface area contributed by atoms with E-state index in [0.717, 1.165) is 23.0 Å². The van der Waals surface area contributed by atoms with Crippen LogP contribution in [-0.4, -0.2) is 16.5 Å². The van der Waals surface area contributed by atoms with Gasteiger partial charge in [0, 0.05) is 12.7 Å². The molecule has 1 aromatic heterocycles. The van der Waals surface area contributed by atoms with Crippen molar-refractivity contribution in [3.05, 3.63) is 27.5 Å². The normalized spacial score (nSPS) is 23.1. The molecule has 2 rings (SSSR count). The van der Waals surface area contributed by atoms with Crippen LogP contribution in [0.4, 0.5) is 0 Å². The smallest absolute Gasteiger partial charge is 0.143 e. The first kappa shape index (κ1) is 12.3. The van der Waals surface area contributed by atoms with E-state index in [9.17, 15) is 0 Å². The average Bonchev–Trinajstić information content (AvgIpc) is 2.47. The molecule has 0 amide bonds. The molecule has 0 spiro atoms. The zero-order valence-electron chi connectivity index (χ0n) is 9.00. The molecule has 0 saturated carbocycles. The summed E-state index contributed by atoms with van der Waals surface area (Å²) in [7, 11) is 0. The molecule has 0 unspecified atom stereocenters. The van der Waals surface area contributed by atoms with E-state index in [1.807, 2.05) is 17.3 Å². The van der Waals surface area contributed by atoms with Crippen molar-refractivity contribution in [2.75, 3.05) is 6.54 Å². The van der Waals surface area contributed by atoms with Gasteiger partial charge < -0.3 is 0 Å². The summed E-state index contributed by atoms with van der Waals surface area (Å²) in [6.07, 6.45) is 6.56. The summed E-state index contributed by atoms with van der Waals surface area (Å²) in [5.74, 6) is 6.06. The number of hydrogen-bond acceptors (Lipinski definition) is 3. The maximum atomic E-state index is 6.06. The number of halogens is 2. The van der Waals surface area contributed by atoms with Crippen LogP contribution in [0.15, 0.2) is 16.7 Å². The van der Waals surface area contributed by atoms with Gasteiger partial charge in [-0.3, -0.25) is 5.84 Å². The Morgan fingerprint density at radius 1 is 1.44 bits per heavy atom. The van der Waals surface area contributed by atoms with Crippen LogP contribution in [0.25, 0.3) is 0 Å². The minimum atomic E-state index is 0.267. The third-order valence-corrected chi connectivity index (χ3v) is 4.13. The Morgan fingerprint density at radius 2 is 2.25 bits per heavy atom. The Balaban J connectivity index is 2.23. The van der Waals surface area contributed by atoms with Crippen molar-refractivity contribution < 1.29 is 0 Å². The van der Waals surface area contributed by atoms with Crippen molar-refractivity contribution in [2.24, 2.45) is 5.84 Å². The van der Waals surface area contributed by atoms with E-state index in [1.54, 1.807) is 0 Å². The molecule has 0 bridgehead atoms. The Bertz CT molecular complexity index is 372. The predicted molar refractivity (Wildman–Crippen MR) is 69.0 cm³/mol. The van der Waals surface area contributed by atoms with E-state index >= 15 is 0 Å². The highest BCUT2D eigenvalue weighted by Gasteiger charge is 2.20. The molecule has 5 heteroatoms. The lowest BCUT2D eigenvalue weighted by Gasteiger charge is -2.25. The summed E-state index contributed by atoms with van der Waals surface area (Å²) in [6, 6.07) is 2.29. The van der Waals surface area contributed by atoms with Gasteiger partial charge in [0.15, 0.2) is 0 Å². The second-order valence-electron chi connectivity index (χ2n) is 4.14. The van der Waals surface area contributed by atoms with Crippen molar-refractivity contribution in [2.45, 2.75) is 31.7 Å². The zero-order valence-corrected chi connectivity index (χ0v) is 11.3. The summed E-state index contributed by atoms with van der Waals surface area (Å²) in [5, 5.41) is 2.42. The van der Waals surface area contributed by atoms with Crippen molar-refractivity contribution in [3.63, 3.8) is 0 Å². The fourth-order valence-electron chi connectivity index (χ4n) is 2.11. The highest BCUT2D eigenvalue weighted by atomic mass is 79.9. The van der Waals surface area contributed by atoms with Gasteiger partial charge in [0.25, 0.3) is 0 Å². The predicted octanol–water partition coefficient (Wildman–Crippen LogP) is 3.29. The fourth-order valence-corrected chi connectivity index (χ4v) is 2.58. The van der Waals surface area contributed by atoms with E-state index in [-0.39, 0.29) is 6.04 Å². The lowest BCUT2D eigenvalue weighted by atomic mass is 10.0. The van der Waals surface area contributed by atoms with Crippen LogP contribution in [0, 0.1) is 0 Å². The van der Waals surface area contributed by atoms with E-state index < -0.39 is 0 Å². The molecular formula is C11H15BrClN3. The third-order valence-electron chi connectivity index (χ3n) is 3.00. The Hall–Kier alpha value is -0.160. The van der Waals surface area contributed by atoms with Crippen LogP contribution < -0.4 is 5.84 Å². The molecule has 0 aromatic carbocycles. The SMILES string of the molecule is NN1CCCCC[C@H]1c1cnc(Cl)c(Br)c1. The topological polar surface area (TPSA) is 42.1 Å². The van der Waals surface area contributed by atoms with Gasteiger partial charge in [0.05, 0.1) is 10.5 Å². The first-order chi connectivity index (χ1) is 7.68. The second-order valence-corrected chi connectivity index (χ2v) is 5.36. The van der Waals surface area contributed by atoms with Gasteiger partial charge in [-0.15, -0.1) is 0 Å². The van der Waals surface area contributed by atoms with Crippen LogP contribution in [0.2, 0.25) is 5.15 Å². The van der Waals surface area contributed by atoms with E-state index in [4.69, 9.17) is 17.4 Å². The van der Waals surface area contributed by atoms with E-state index in [2.05, 4.69) is 20.9 Å². The zero-order chi connectivity index (χ0) is 11.5. The molecule has 1 atom stereocenters. The Labute approximate surface area is 109 Å². The average molecular weight is 305 g/mol. The standard InChI is InChI=1S/C11H15BrClN3/c12-9-6-8(7-15-11(9)13)10-4-2-1-3-5-16(10)14/h6-7,10H,1-5,14H2/t10-/m0/s1. The third kappa shape index (κ3) is 2.74. The van der Waals surface area contributed by atoms with Gasteiger partial charge in [0.2, 0.25) is 0 Å². The Morgan fingerprint density at radius 3 is 3.00 bits per heavy atom. The van der Waals surface area contributed by atoms with Crippen LogP contribution in [0.1, 0.15) is 37.3 Å². The quantitative estimate of drug-likeness (QED) is 0.639. The molecule has 0 aliphatic carbocycles. The van der Waals surface area contributed by atoms with Gasteiger partial charge >= 0.3 is 0 Å². The van der Waals surface area contributed by atoms with Crippen LogP contribution in [0.3, 0.4) is 0 Å². The molecule has 1 aromatic rings. The number of pyridine rings is 1. The van der Waals surface area contributed by atoms with Gasteiger partial charge in [0.1, 0.15) is 5.15 Å². The van der Waals surface area contributed by atoms with Gasteiger partial charge in [-0.05, 0) is 40.4 Å². The molecule has 1 saturated heterocycles. The van der Waals surface area contributed by atoms with E-state index in [1.165, 1.54) is 19.3 Å². The molecule has 2 N–H and O–H groups in total. The first-order valence-corrected chi connectivity index (χ1v) is 6.68. The lowest BCUT2D eigenvalue weighted by molar-refractivity contribution is 0.206.